The van der Waals surface area contributed by atoms with Crippen molar-refractivity contribution in [3.05, 3.63) is 39.4 Å². The Balaban J connectivity index is 2.35. The van der Waals surface area contributed by atoms with Crippen LogP contribution in [-0.4, -0.2) is 17.6 Å². The normalized spacial score (nSPS) is 19.1. The second-order valence-corrected chi connectivity index (χ2v) is 3.57. The maximum absolute atomic E-state index is 10.9. The van der Waals surface area contributed by atoms with Gasteiger partial charge in [0.1, 0.15) is 6.10 Å². The van der Waals surface area contributed by atoms with E-state index in [-0.39, 0.29) is 5.69 Å². The van der Waals surface area contributed by atoms with Crippen LogP contribution in [0.5, 0.6) is 0 Å². The Morgan fingerprint density at radius 1 is 1.56 bits per heavy atom. The smallest absolute Gasteiger partial charge is 0.407 e. The van der Waals surface area contributed by atoms with Crippen molar-refractivity contribution in [3.8, 4) is 0 Å². The molecular formula is C10H10N2O4. The maximum Gasteiger partial charge on any atom is 0.407 e. The minimum Gasteiger partial charge on any atom is -0.439 e. The van der Waals surface area contributed by atoms with Crippen molar-refractivity contribution in [3.63, 3.8) is 0 Å². The van der Waals surface area contributed by atoms with Crippen LogP contribution < -0.4 is 5.32 Å². The maximum atomic E-state index is 10.9. The number of cyclic esters (lactones) is 1. The topological polar surface area (TPSA) is 81.5 Å². The third-order valence-electron chi connectivity index (χ3n) is 2.50. The van der Waals surface area contributed by atoms with Gasteiger partial charge in [0.25, 0.3) is 5.69 Å². The molecule has 1 atom stereocenters. The molecule has 16 heavy (non-hydrogen) atoms. The van der Waals surface area contributed by atoms with Crippen molar-refractivity contribution in [2.75, 3.05) is 6.54 Å². The van der Waals surface area contributed by atoms with Crippen molar-refractivity contribution < 1.29 is 14.5 Å². The van der Waals surface area contributed by atoms with Gasteiger partial charge in [0, 0.05) is 17.7 Å². The van der Waals surface area contributed by atoms with E-state index in [2.05, 4.69) is 5.32 Å². The van der Waals surface area contributed by atoms with E-state index in [0.717, 1.165) is 5.56 Å². The molecule has 0 aliphatic carbocycles. The lowest BCUT2D eigenvalue weighted by atomic mass is 10.0. The lowest BCUT2D eigenvalue weighted by Gasteiger charge is -2.10. The molecule has 0 radical (unpaired) electrons. The van der Waals surface area contributed by atoms with Crippen LogP contribution in [0.1, 0.15) is 17.2 Å². The average molecular weight is 222 g/mol. The summed E-state index contributed by atoms with van der Waals surface area (Å²) in [6, 6.07) is 4.53. The van der Waals surface area contributed by atoms with Gasteiger partial charge in [0.05, 0.1) is 11.5 Å². The first-order valence-electron chi connectivity index (χ1n) is 4.77. The van der Waals surface area contributed by atoms with Gasteiger partial charge < -0.3 is 10.1 Å². The molecule has 0 spiro atoms. The molecule has 1 N–H and O–H groups in total. The molecule has 1 heterocycles. The number of hydrogen-bond acceptors (Lipinski definition) is 4. The molecule has 1 aliphatic rings. The van der Waals surface area contributed by atoms with Gasteiger partial charge in [-0.1, -0.05) is 6.07 Å². The van der Waals surface area contributed by atoms with Crippen LogP contribution in [-0.2, 0) is 4.74 Å². The molecule has 1 saturated heterocycles. The fraction of sp³-hybridized carbons (Fsp3) is 0.300. The van der Waals surface area contributed by atoms with Crippen molar-refractivity contribution in [1.29, 1.82) is 0 Å². The van der Waals surface area contributed by atoms with Crippen molar-refractivity contribution in [1.82, 2.24) is 5.32 Å². The van der Waals surface area contributed by atoms with Gasteiger partial charge in [0.15, 0.2) is 0 Å². The zero-order chi connectivity index (χ0) is 11.7. The number of hydrogen-bond donors (Lipinski definition) is 1. The first-order chi connectivity index (χ1) is 7.58. The number of aryl methyl sites for hydroxylation is 1. The highest BCUT2D eigenvalue weighted by atomic mass is 16.6. The molecule has 1 aliphatic heterocycles. The van der Waals surface area contributed by atoms with Crippen LogP contribution in [0.3, 0.4) is 0 Å². The summed E-state index contributed by atoms with van der Waals surface area (Å²) >= 11 is 0. The summed E-state index contributed by atoms with van der Waals surface area (Å²) in [6.07, 6.45) is -0.927. The number of nitro benzene ring substituents is 1. The zero-order valence-corrected chi connectivity index (χ0v) is 8.60. The van der Waals surface area contributed by atoms with E-state index in [1.165, 1.54) is 12.1 Å². The highest BCUT2D eigenvalue weighted by molar-refractivity contribution is 5.70. The van der Waals surface area contributed by atoms with E-state index < -0.39 is 17.1 Å². The molecule has 84 valence electrons. The Hall–Kier alpha value is -2.11. The molecule has 2 rings (SSSR count). The number of nitrogens with zero attached hydrogens (tertiary/aromatic N) is 1. The molecule has 0 bridgehead atoms. The van der Waals surface area contributed by atoms with Crippen LogP contribution in [0.25, 0.3) is 0 Å². The fourth-order valence-electron chi connectivity index (χ4n) is 1.65. The predicted molar refractivity (Wildman–Crippen MR) is 55.1 cm³/mol. The number of benzene rings is 1. The quantitative estimate of drug-likeness (QED) is 0.609. The molecule has 0 saturated carbocycles. The van der Waals surface area contributed by atoms with Crippen LogP contribution in [0.4, 0.5) is 10.5 Å². The van der Waals surface area contributed by atoms with E-state index in [9.17, 15) is 14.9 Å². The summed E-state index contributed by atoms with van der Waals surface area (Å²) in [5.41, 5.74) is 1.54. The second kappa shape index (κ2) is 3.80. The minimum atomic E-state index is -0.490. The van der Waals surface area contributed by atoms with Gasteiger partial charge in [-0.3, -0.25) is 10.1 Å². The number of nitro groups is 1. The van der Waals surface area contributed by atoms with Crippen molar-refractivity contribution in [2.24, 2.45) is 0 Å². The number of rotatable bonds is 2. The summed E-state index contributed by atoms with van der Waals surface area (Å²) in [7, 11) is 0. The number of amides is 1. The van der Waals surface area contributed by atoms with Gasteiger partial charge in [-0.2, -0.15) is 0 Å². The van der Waals surface area contributed by atoms with E-state index in [0.29, 0.717) is 12.1 Å². The summed E-state index contributed by atoms with van der Waals surface area (Å²) < 4.78 is 4.99. The number of carbonyl (C=O) groups excluding carboxylic acids is 1. The Morgan fingerprint density at radius 2 is 2.31 bits per heavy atom. The van der Waals surface area contributed by atoms with Crippen LogP contribution in [0, 0.1) is 17.0 Å². The number of alkyl carbamates (subject to hydrolysis) is 1. The number of ether oxygens (including phenoxy) is 1. The van der Waals surface area contributed by atoms with E-state index in [1.807, 2.05) is 6.92 Å². The molecular weight excluding hydrogens is 212 g/mol. The molecule has 1 fully saturated rings. The Labute approximate surface area is 91.4 Å². The third kappa shape index (κ3) is 1.81. The second-order valence-electron chi connectivity index (χ2n) is 3.57. The summed E-state index contributed by atoms with van der Waals surface area (Å²) in [6.45, 7) is 2.17. The number of carbonyl (C=O) groups is 1. The molecule has 6 nitrogen and oxygen atoms in total. The standard InChI is InChI=1S/C10H10N2O4/c1-6-2-3-7(12(14)15)4-8(6)9-5-11-10(13)16-9/h2-4,9H,5H2,1H3,(H,11,13). The molecule has 6 heteroatoms. The largest absolute Gasteiger partial charge is 0.439 e. The minimum absolute atomic E-state index is 0.00329. The SMILES string of the molecule is Cc1ccc([N+](=O)[O-])cc1C1CNC(=O)O1. The monoisotopic (exact) mass is 222 g/mol. The summed E-state index contributed by atoms with van der Waals surface area (Å²) in [5, 5.41) is 13.1. The first kappa shape index (κ1) is 10.4. The van der Waals surface area contributed by atoms with E-state index in [4.69, 9.17) is 4.74 Å². The van der Waals surface area contributed by atoms with Crippen LogP contribution >= 0.6 is 0 Å². The molecule has 0 aromatic heterocycles. The number of nitrogens with one attached hydrogen (secondary N) is 1. The van der Waals surface area contributed by atoms with Crippen molar-refractivity contribution >= 4 is 11.8 Å². The summed E-state index contributed by atoms with van der Waals surface area (Å²) in [5.74, 6) is 0. The Kier molecular flexibility index (Phi) is 2.47. The summed E-state index contributed by atoms with van der Waals surface area (Å²) in [4.78, 5) is 21.1. The third-order valence-corrected chi connectivity index (χ3v) is 2.50. The number of non-ortho nitro benzene ring substituents is 1. The first-order valence-corrected chi connectivity index (χ1v) is 4.77. The predicted octanol–water partition coefficient (Wildman–Crippen LogP) is 1.68. The Morgan fingerprint density at radius 3 is 2.88 bits per heavy atom. The van der Waals surface area contributed by atoms with Crippen LogP contribution in [0.2, 0.25) is 0 Å². The zero-order valence-electron chi connectivity index (χ0n) is 8.60. The van der Waals surface area contributed by atoms with Crippen LogP contribution in [0.15, 0.2) is 18.2 Å². The Bertz CT molecular complexity index is 458. The van der Waals surface area contributed by atoms with Gasteiger partial charge in [-0.25, -0.2) is 4.79 Å². The molecule has 1 unspecified atom stereocenters. The molecule has 1 aromatic rings. The average Bonchev–Trinajstić information content (AvgIpc) is 2.65. The fourth-order valence-corrected chi connectivity index (χ4v) is 1.65. The lowest BCUT2D eigenvalue weighted by molar-refractivity contribution is -0.385. The van der Waals surface area contributed by atoms with Gasteiger partial charge in [-0.05, 0) is 12.5 Å². The highest BCUT2D eigenvalue weighted by Crippen LogP contribution is 2.27. The molecule has 1 amide bonds. The lowest BCUT2D eigenvalue weighted by Crippen LogP contribution is -2.12. The van der Waals surface area contributed by atoms with Crippen molar-refractivity contribution in [2.45, 2.75) is 13.0 Å². The van der Waals surface area contributed by atoms with Gasteiger partial charge >= 0.3 is 6.09 Å². The highest BCUT2D eigenvalue weighted by Gasteiger charge is 2.26. The van der Waals surface area contributed by atoms with E-state index in [1.54, 1.807) is 6.07 Å². The van der Waals surface area contributed by atoms with Gasteiger partial charge in [-0.15, -0.1) is 0 Å². The van der Waals surface area contributed by atoms with Gasteiger partial charge in [0.2, 0.25) is 0 Å². The van der Waals surface area contributed by atoms with E-state index >= 15 is 0 Å². The molecule has 1 aromatic carbocycles.